The number of nitrogens with zero attached hydrogens (tertiary/aromatic N) is 2. The first kappa shape index (κ1) is 20.0. The van der Waals surface area contributed by atoms with Crippen molar-refractivity contribution in [2.75, 3.05) is 31.3 Å². The van der Waals surface area contributed by atoms with Crippen molar-refractivity contribution < 1.29 is 22.7 Å². The first-order chi connectivity index (χ1) is 12.3. The van der Waals surface area contributed by atoms with Gasteiger partial charge in [-0.3, -0.25) is 9.10 Å². The van der Waals surface area contributed by atoms with E-state index in [1.165, 1.54) is 26.7 Å². The number of ether oxygens (including phenoxy) is 2. The van der Waals surface area contributed by atoms with E-state index < -0.39 is 15.9 Å². The van der Waals surface area contributed by atoms with Crippen LogP contribution in [0.4, 0.5) is 5.69 Å². The summed E-state index contributed by atoms with van der Waals surface area (Å²) < 4.78 is 35.7. The molecule has 26 heavy (non-hydrogen) atoms. The number of hydrazone groups is 1. The number of anilines is 1. The summed E-state index contributed by atoms with van der Waals surface area (Å²) in [5.41, 5.74) is 3.72. The number of rotatable bonds is 7. The molecule has 9 heteroatoms. The Morgan fingerprint density at radius 3 is 2.38 bits per heavy atom. The Morgan fingerprint density at radius 2 is 1.81 bits per heavy atom. The second-order valence-electron chi connectivity index (χ2n) is 6.08. The summed E-state index contributed by atoms with van der Waals surface area (Å²) in [6.07, 6.45) is 6.08. The molecule has 0 radical (unpaired) electrons. The predicted octanol–water partition coefficient (Wildman–Crippen LogP) is 1.91. The lowest BCUT2D eigenvalue weighted by atomic mass is 9.99. The fourth-order valence-electron chi connectivity index (χ4n) is 2.76. The van der Waals surface area contributed by atoms with E-state index in [9.17, 15) is 13.2 Å². The molecule has 1 fully saturated rings. The molecule has 0 heterocycles. The molecule has 1 aliphatic rings. The molecule has 0 aromatic heterocycles. The zero-order valence-electron chi connectivity index (χ0n) is 15.3. The van der Waals surface area contributed by atoms with Crippen LogP contribution < -0.4 is 19.2 Å². The van der Waals surface area contributed by atoms with Crippen molar-refractivity contribution >= 4 is 27.3 Å². The monoisotopic (exact) mass is 383 g/mol. The Labute approximate surface area is 154 Å². The third kappa shape index (κ3) is 5.35. The number of carbonyl (C=O) groups excluding carboxylic acids is 1. The van der Waals surface area contributed by atoms with E-state index in [2.05, 4.69) is 10.5 Å². The topological polar surface area (TPSA) is 97.3 Å². The Balaban J connectivity index is 2.16. The van der Waals surface area contributed by atoms with Gasteiger partial charge < -0.3 is 9.47 Å². The minimum absolute atomic E-state index is 0.311. The summed E-state index contributed by atoms with van der Waals surface area (Å²) in [5, 5.41) is 4.12. The minimum Gasteiger partial charge on any atom is -0.493 e. The van der Waals surface area contributed by atoms with Gasteiger partial charge in [0.1, 0.15) is 6.54 Å². The van der Waals surface area contributed by atoms with Crippen molar-refractivity contribution in [2.24, 2.45) is 5.10 Å². The molecule has 144 valence electrons. The second-order valence-corrected chi connectivity index (χ2v) is 7.99. The van der Waals surface area contributed by atoms with E-state index in [4.69, 9.17) is 9.47 Å². The maximum atomic E-state index is 12.2. The molecule has 2 rings (SSSR count). The van der Waals surface area contributed by atoms with Gasteiger partial charge in [-0.2, -0.15) is 5.10 Å². The molecule has 8 nitrogen and oxygen atoms in total. The third-order valence-electron chi connectivity index (χ3n) is 4.11. The zero-order chi connectivity index (χ0) is 19.2. The fraction of sp³-hybridized carbons (Fsp3) is 0.529. The van der Waals surface area contributed by atoms with Crippen LogP contribution in [0.5, 0.6) is 11.5 Å². The number of methoxy groups -OCH3 is 2. The van der Waals surface area contributed by atoms with Gasteiger partial charge in [0, 0.05) is 11.8 Å². The largest absolute Gasteiger partial charge is 0.493 e. The van der Waals surface area contributed by atoms with Crippen molar-refractivity contribution in [3.8, 4) is 11.5 Å². The average molecular weight is 383 g/mol. The van der Waals surface area contributed by atoms with Crippen LogP contribution in [0.1, 0.15) is 32.1 Å². The van der Waals surface area contributed by atoms with Crippen molar-refractivity contribution in [2.45, 2.75) is 32.1 Å². The highest BCUT2D eigenvalue weighted by Gasteiger charge is 2.22. The highest BCUT2D eigenvalue weighted by Crippen LogP contribution is 2.32. The van der Waals surface area contributed by atoms with Crippen molar-refractivity contribution in [3.63, 3.8) is 0 Å². The van der Waals surface area contributed by atoms with Crippen LogP contribution >= 0.6 is 0 Å². The lowest BCUT2D eigenvalue weighted by molar-refractivity contribution is -0.119. The molecule has 1 amide bonds. The number of hydrogen-bond donors (Lipinski definition) is 1. The number of benzene rings is 1. The Hall–Kier alpha value is -2.29. The summed E-state index contributed by atoms with van der Waals surface area (Å²) in [6, 6.07) is 4.66. The lowest BCUT2D eigenvalue weighted by Gasteiger charge is -2.22. The van der Waals surface area contributed by atoms with Crippen LogP contribution in [0.25, 0.3) is 0 Å². The standard InChI is InChI=1S/C17H25N3O5S/c1-24-15-10-9-14(11-16(15)25-2)20(26(3,22)23)12-17(21)19-18-13-7-5-4-6-8-13/h9-11H,4-8,12H2,1-3H3,(H,19,21). The molecule has 1 aromatic carbocycles. The lowest BCUT2D eigenvalue weighted by Crippen LogP contribution is -2.39. The molecule has 0 spiro atoms. The molecule has 1 aromatic rings. The number of hydrogen-bond acceptors (Lipinski definition) is 6. The maximum Gasteiger partial charge on any atom is 0.260 e. The summed E-state index contributed by atoms with van der Waals surface area (Å²) in [5.74, 6) is 0.350. The third-order valence-corrected chi connectivity index (χ3v) is 5.25. The van der Waals surface area contributed by atoms with Crippen LogP contribution in [-0.2, 0) is 14.8 Å². The quantitative estimate of drug-likeness (QED) is 0.726. The summed E-state index contributed by atoms with van der Waals surface area (Å²) in [6.45, 7) is -0.370. The van der Waals surface area contributed by atoms with E-state index in [0.717, 1.165) is 42.0 Å². The minimum atomic E-state index is -3.67. The average Bonchev–Trinajstić information content (AvgIpc) is 2.63. The van der Waals surface area contributed by atoms with E-state index in [-0.39, 0.29) is 6.54 Å². The van der Waals surface area contributed by atoms with Crippen LogP contribution in [0.2, 0.25) is 0 Å². The van der Waals surface area contributed by atoms with E-state index in [1.54, 1.807) is 12.1 Å². The molecule has 0 bridgehead atoms. The Morgan fingerprint density at radius 1 is 1.15 bits per heavy atom. The highest BCUT2D eigenvalue weighted by molar-refractivity contribution is 7.92. The predicted molar refractivity (Wildman–Crippen MR) is 100 cm³/mol. The molecule has 0 aliphatic heterocycles. The second kappa shape index (κ2) is 8.88. The molecule has 0 atom stereocenters. The normalized spacial score (nSPS) is 14.5. The van der Waals surface area contributed by atoms with Crippen molar-refractivity contribution in [1.82, 2.24) is 5.43 Å². The smallest absolute Gasteiger partial charge is 0.260 e. The first-order valence-corrected chi connectivity index (χ1v) is 10.2. The van der Waals surface area contributed by atoms with Crippen LogP contribution in [0.15, 0.2) is 23.3 Å². The number of carbonyl (C=O) groups is 1. The Bertz CT molecular complexity index is 769. The van der Waals surface area contributed by atoms with Gasteiger partial charge in [0.25, 0.3) is 5.91 Å². The van der Waals surface area contributed by atoms with Crippen LogP contribution in [0, 0.1) is 0 Å². The van der Waals surface area contributed by atoms with Gasteiger partial charge in [-0.05, 0) is 37.8 Å². The van der Waals surface area contributed by atoms with Crippen LogP contribution in [-0.4, -0.2) is 47.1 Å². The van der Waals surface area contributed by atoms with E-state index in [1.807, 2.05) is 0 Å². The van der Waals surface area contributed by atoms with E-state index >= 15 is 0 Å². The van der Waals surface area contributed by atoms with Gasteiger partial charge in [0.05, 0.1) is 26.2 Å². The maximum absolute atomic E-state index is 12.2. The summed E-state index contributed by atoms with van der Waals surface area (Å²) in [7, 11) is -0.726. The van der Waals surface area contributed by atoms with Crippen molar-refractivity contribution in [1.29, 1.82) is 0 Å². The summed E-state index contributed by atoms with van der Waals surface area (Å²) >= 11 is 0. The van der Waals surface area contributed by atoms with E-state index in [0.29, 0.717) is 17.2 Å². The fourth-order valence-corrected chi connectivity index (χ4v) is 3.61. The molecule has 1 N–H and O–H groups in total. The molecule has 0 saturated heterocycles. The van der Waals surface area contributed by atoms with Gasteiger partial charge in [-0.15, -0.1) is 0 Å². The number of nitrogens with one attached hydrogen (secondary N) is 1. The van der Waals surface area contributed by atoms with Gasteiger partial charge in [0.2, 0.25) is 10.0 Å². The molecular weight excluding hydrogens is 358 g/mol. The molecule has 0 unspecified atom stereocenters. The van der Waals surface area contributed by atoms with Gasteiger partial charge in [-0.25, -0.2) is 13.8 Å². The van der Waals surface area contributed by atoms with Gasteiger partial charge in [-0.1, -0.05) is 6.42 Å². The highest BCUT2D eigenvalue weighted by atomic mass is 32.2. The SMILES string of the molecule is COc1ccc(N(CC(=O)NN=C2CCCCC2)S(C)(=O)=O)cc1OC. The van der Waals surface area contributed by atoms with Gasteiger partial charge in [0.15, 0.2) is 11.5 Å². The number of amides is 1. The number of sulfonamides is 1. The summed E-state index contributed by atoms with van der Waals surface area (Å²) in [4.78, 5) is 12.2. The molecule has 1 saturated carbocycles. The molecule has 1 aliphatic carbocycles. The van der Waals surface area contributed by atoms with Gasteiger partial charge >= 0.3 is 0 Å². The first-order valence-electron chi connectivity index (χ1n) is 8.39. The molecular formula is C17H25N3O5S. The van der Waals surface area contributed by atoms with Crippen LogP contribution in [0.3, 0.4) is 0 Å². The van der Waals surface area contributed by atoms with Crippen molar-refractivity contribution in [3.05, 3.63) is 18.2 Å². The zero-order valence-corrected chi connectivity index (χ0v) is 16.1. The Kier molecular flexibility index (Phi) is 6.84.